The van der Waals surface area contributed by atoms with E-state index in [1.807, 2.05) is 0 Å². The molecule has 4 nitrogen and oxygen atoms in total. The fourth-order valence-corrected chi connectivity index (χ4v) is 15.3. The molecule has 0 saturated carbocycles. The summed E-state index contributed by atoms with van der Waals surface area (Å²) in [6, 6.07) is 89.7. The first-order valence-electron chi connectivity index (χ1n) is 30.0. The van der Waals surface area contributed by atoms with E-state index in [0.717, 1.165) is 50.5 Å². The molecule has 0 N–H and O–H groups in total. The standard InChI is InChI=1S/C80H57BN4/c1-79(2,3)50-34-38-52(39-35-50)84-66-42-49(77-60-24-10-11-33-65(60)82-78(83-77)48-18-8-7-9-19-48)43-67-76(66)81(74-61-31-16-29-56-54-25-12-20-46-22-14-27-58(70(46)54)63(72(56)61)44-68(74)84)75-62-32-17-30-57-55-26-13-21-47-23-15-28-59(71(47)55)64(73(57)62)45-69(75)85(67)53-40-36-51(37-41-53)80(4,5)6/h7-45H,1-6H3. The summed E-state index contributed by atoms with van der Waals surface area (Å²) in [7, 11) is 0. The van der Waals surface area contributed by atoms with Crippen molar-refractivity contribution in [2.75, 3.05) is 9.80 Å². The van der Waals surface area contributed by atoms with E-state index in [2.05, 4.69) is 288 Å². The van der Waals surface area contributed by atoms with Gasteiger partial charge in [-0.15, -0.1) is 0 Å². The number of benzene rings is 15. The van der Waals surface area contributed by atoms with E-state index in [9.17, 15) is 0 Å². The molecule has 1 aromatic heterocycles. The van der Waals surface area contributed by atoms with Gasteiger partial charge < -0.3 is 9.80 Å². The highest BCUT2D eigenvalue weighted by atomic mass is 15.2. The molecule has 2 aliphatic rings. The molecule has 0 fully saturated rings. The number of hydrogen-bond donors (Lipinski definition) is 0. The van der Waals surface area contributed by atoms with Gasteiger partial charge in [0.15, 0.2) is 5.82 Å². The van der Waals surface area contributed by atoms with Crippen molar-refractivity contribution in [2.24, 2.45) is 0 Å². The van der Waals surface area contributed by atoms with Gasteiger partial charge in [-0.25, -0.2) is 9.97 Å². The number of nitrogens with zero attached hydrogens (tertiary/aromatic N) is 4. The summed E-state index contributed by atoms with van der Waals surface area (Å²) in [6.45, 7) is 13.6. The van der Waals surface area contributed by atoms with Gasteiger partial charge in [0.05, 0.1) is 11.2 Å². The SMILES string of the molecule is CC(C)(C)c1ccc(N2c3cc(-c4nc(-c5ccccc5)nc5ccccc45)cc4c3B(c3c2cc2c5cccc6cccc(c7cccc3c72)c65)c2c(cc3c5cccc6cccc(c7cccc2c73)c65)N4c2ccc(C(C)(C)C)cc2)cc1. The minimum atomic E-state index is -0.212. The molecule has 0 aliphatic carbocycles. The summed E-state index contributed by atoms with van der Waals surface area (Å²) >= 11 is 0. The first-order valence-corrected chi connectivity index (χ1v) is 30.0. The van der Waals surface area contributed by atoms with E-state index < -0.39 is 0 Å². The van der Waals surface area contributed by atoms with Gasteiger partial charge in [0, 0.05) is 50.6 Å². The summed E-state index contributed by atoms with van der Waals surface area (Å²) < 4.78 is 0. The van der Waals surface area contributed by atoms with Crippen LogP contribution in [0, 0.1) is 0 Å². The van der Waals surface area contributed by atoms with E-state index >= 15 is 0 Å². The number of anilines is 6. The maximum absolute atomic E-state index is 5.67. The summed E-state index contributed by atoms with van der Waals surface area (Å²) in [5.74, 6) is 0.699. The van der Waals surface area contributed by atoms with Crippen LogP contribution in [0.2, 0.25) is 0 Å². The Balaban J connectivity index is 1.06. The topological polar surface area (TPSA) is 32.3 Å². The molecule has 85 heavy (non-hydrogen) atoms. The Kier molecular flexibility index (Phi) is 9.83. The first-order chi connectivity index (χ1) is 41.4. The van der Waals surface area contributed by atoms with Crippen molar-refractivity contribution in [2.45, 2.75) is 52.4 Å². The van der Waals surface area contributed by atoms with E-state index in [0.29, 0.717) is 5.82 Å². The zero-order valence-electron chi connectivity index (χ0n) is 48.4. The maximum Gasteiger partial charge on any atom is 0.253 e. The molecule has 0 amide bonds. The Morgan fingerprint density at radius 2 is 0.694 bits per heavy atom. The highest BCUT2D eigenvalue weighted by molar-refractivity contribution is 7.03. The summed E-state index contributed by atoms with van der Waals surface area (Å²) in [6.07, 6.45) is 0. The van der Waals surface area contributed by atoms with Crippen molar-refractivity contribution in [1.29, 1.82) is 0 Å². The van der Waals surface area contributed by atoms with E-state index in [1.165, 1.54) is 125 Å². The molecular formula is C80H57BN4. The van der Waals surface area contributed by atoms with Crippen LogP contribution in [0.15, 0.2) is 237 Å². The Morgan fingerprint density at radius 1 is 0.306 bits per heavy atom. The van der Waals surface area contributed by atoms with Crippen LogP contribution in [0.3, 0.4) is 0 Å². The van der Waals surface area contributed by atoms with Gasteiger partial charge in [0.25, 0.3) is 6.71 Å². The lowest BCUT2D eigenvalue weighted by Crippen LogP contribution is -2.61. The molecule has 400 valence electrons. The highest BCUT2D eigenvalue weighted by Crippen LogP contribution is 2.52. The lowest BCUT2D eigenvalue weighted by atomic mass is 9.32. The van der Waals surface area contributed by atoms with Gasteiger partial charge in [-0.3, -0.25) is 0 Å². The van der Waals surface area contributed by atoms with E-state index in [-0.39, 0.29) is 17.5 Å². The Hall–Kier alpha value is -10.1. The summed E-state index contributed by atoms with van der Waals surface area (Å²) in [5, 5.41) is 21.5. The minimum absolute atomic E-state index is 0.0456. The zero-order valence-corrected chi connectivity index (χ0v) is 48.4. The molecular weight excluding hydrogens is 1030 g/mol. The molecule has 16 aromatic rings. The van der Waals surface area contributed by atoms with Crippen LogP contribution in [-0.2, 0) is 10.8 Å². The van der Waals surface area contributed by atoms with E-state index in [1.54, 1.807) is 0 Å². The van der Waals surface area contributed by atoms with Crippen LogP contribution in [0.1, 0.15) is 52.7 Å². The van der Waals surface area contributed by atoms with Gasteiger partial charge in [-0.05, 0) is 179 Å². The smallest absolute Gasteiger partial charge is 0.253 e. The summed E-state index contributed by atoms with van der Waals surface area (Å²) in [5.41, 5.74) is 17.0. The molecule has 2 aliphatic heterocycles. The van der Waals surface area contributed by atoms with Crippen molar-refractivity contribution in [1.82, 2.24) is 9.97 Å². The predicted molar refractivity (Wildman–Crippen MR) is 364 cm³/mol. The Labute approximate surface area is 494 Å². The third kappa shape index (κ3) is 6.81. The largest absolute Gasteiger partial charge is 0.311 e. The van der Waals surface area contributed by atoms with Gasteiger partial charge >= 0.3 is 0 Å². The van der Waals surface area contributed by atoms with Crippen molar-refractivity contribution < 1.29 is 0 Å². The van der Waals surface area contributed by atoms with Crippen LogP contribution in [-0.4, -0.2) is 16.7 Å². The molecule has 5 heteroatoms. The normalized spacial score (nSPS) is 13.5. The third-order valence-electron chi connectivity index (χ3n) is 19.2. The molecule has 18 rings (SSSR count). The lowest BCUT2D eigenvalue weighted by Gasteiger charge is -2.45. The van der Waals surface area contributed by atoms with Gasteiger partial charge in [-0.1, -0.05) is 224 Å². The van der Waals surface area contributed by atoms with Crippen LogP contribution in [0.25, 0.3) is 120 Å². The minimum Gasteiger partial charge on any atom is -0.311 e. The number of para-hydroxylation sites is 1. The quantitative estimate of drug-likeness (QED) is 0.0999. The number of hydrogen-bond acceptors (Lipinski definition) is 4. The monoisotopic (exact) mass is 1080 g/mol. The van der Waals surface area contributed by atoms with Gasteiger partial charge in [-0.2, -0.15) is 0 Å². The highest BCUT2D eigenvalue weighted by Gasteiger charge is 2.46. The number of rotatable bonds is 4. The van der Waals surface area contributed by atoms with Crippen molar-refractivity contribution in [3.63, 3.8) is 0 Å². The zero-order chi connectivity index (χ0) is 56.8. The molecule has 0 spiro atoms. The van der Waals surface area contributed by atoms with Crippen molar-refractivity contribution in [3.05, 3.63) is 248 Å². The fraction of sp³-hybridized carbons (Fsp3) is 0.100. The maximum atomic E-state index is 5.67. The second-order valence-electron chi connectivity index (χ2n) is 26.0. The molecule has 0 unspecified atom stereocenters. The molecule has 0 saturated heterocycles. The van der Waals surface area contributed by atoms with E-state index in [4.69, 9.17) is 9.97 Å². The van der Waals surface area contributed by atoms with Crippen LogP contribution in [0.5, 0.6) is 0 Å². The Bertz CT molecular complexity index is 5210. The van der Waals surface area contributed by atoms with Crippen molar-refractivity contribution in [3.8, 4) is 22.6 Å². The second-order valence-corrected chi connectivity index (χ2v) is 26.0. The number of fused-ring (bicyclic) bond motifs is 11. The molecule has 3 heterocycles. The predicted octanol–water partition coefficient (Wildman–Crippen LogP) is 19.7. The Morgan fingerprint density at radius 3 is 1.16 bits per heavy atom. The molecule has 0 bridgehead atoms. The average Bonchev–Trinajstić information content (AvgIpc) is 0.851. The molecule has 0 atom stereocenters. The first kappa shape index (κ1) is 48.4. The lowest BCUT2D eigenvalue weighted by molar-refractivity contribution is 0.590. The fourth-order valence-electron chi connectivity index (χ4n) is 15.3. The second kappa shape index (κ2) is 17.2. The molecule has 0 radical (unpaired) electrons. The van der Waals surface area contributed by atoms with Gasteiger partial charge in [0.2, 0.25) is 0 Å². The van der Waals surface area contributed by atoms with Crippen LogP contribution in [0.4, 0.5) is 34.1 Å². The third-order valence-corrected chi connectivity index (χ3v) is 19.2. The number of aromatic nitrogens is 2. The molecule has 15 aromatic carbocycles. The van der Waals surface area contributed by atoms with Gasteiger partial charge in [0.1, 0.15) is 0 Å². The van der Waals surface area contributed by atoms with Crippen molar-refractivity contribution >= 4 is 154 Å². The average molecular weight is 1090 g/mol. The van der Waals surface area contributed by atoms with Crippen LogP contribution >= 0.6 is 0 Å². The van der Waals surface area contributed by atoms with Crippen LogP contribution < -0.4 is 26.2 Å². The summed E-state index contributed by atoms with van der Waals surface area (Å²) in [4.78, 5) is 16.2.